The molecule has 0 saturated heterocycles. The van der Waals surface area contributed by atoms with E-state index in [-0.39, 0.29) is 5.97 Å². The zero-order valence-corrected chi connectivity index (χ0v) is 20.0. The van der Waals surface area contributed by atoms with Crippen LogP contribution in [0.1, 0.15) is 40.9 Å². The predicted molar refractivity (Wildman–Crippen MR) is 133 cm³/mol. The molecule has 164 valence electrons. The molecule has 2 aliphatic heterocycles. The fourth-order valence-electron chi connectivity index (χ4n) is 5.26. The molecule has 0 N–H and O–H groups in total. The van der Waals surface area contributed by atoms with E-state index < -0.39 is 5.60 Å². The van der Waals surface area contributed by atoms with Crippen LogP contribution in [0.25, 0.3) is 10.8 Å². The van der Waals surface area contributed by atoms with E-state index in [1.165, 1.54) is 0 Å². The van der Waals surface area contributed by atoms with Crippen LogP contribution < -0.4 is 9.64 Å². The molecule has 4 aromatic carbocycles. The molecule has 1 atom stereocenters. The van der Waals surface area contributed by atoms with E-state index in [4.69, 9.17) is 9.47 Å². The molecule has 1 unspecified atom stereocenters. The minimum atomic E-state index is -1.06. The lowest BCUT2D eigenvalue weighted by Crippen LogP contribution is -2.33. The molecule has 33 heavy (non-hydrogen) atoms. The summed E-state index contributed by atoms with van der Waals surface area (Å²) in [7, 11) is 0. The summed E-state index contributed by atoms with van der Waals surface area (Å²) in [6.45, 7) is 6.07. The van der Waals surface area contributed by atoms with Gasteiger partial charge < -0.3 is 14.4 Å². The summed E-state index contributed by atoms with van der Waals surface area (Å²) in [6.07, 6.45) is 0. The van der Waals surface area contributed by atoms with Crippen molar-refractivity contribution >= 4 is 38.4 Å². The zero-order valence-electron chi connectivity index (χ0n) is 18.4. The van der Waals surface area contributed by atoms with Gasteiger partial charge in [-0.25, -0.2) is 4.79 Å². The number of nitrogens with zero attached hydrogens (tertiary/aromatic N) is 1. The number of esters is 1. The summed E-state index contributed by atoms with van der Waals surface area (Å²) in [4.78, 5) is 15.4. The number of fused-ring (bicyclic) bond motifs is 8. The minimum absolute atomic E-state index is 0.314. The minimum Gasteiger partial charge on any atom is -0.456 e. The van der Waals surface area contributed by atoms with Gasteiger partial charge in [0, 0.05) is 40.4 Å². The van der Waals surface area contributed by atoms with Gasteiger partial charge in [0.1, 0.15) is 11.5 Å². The Morgan fingerprint density at radius 1 is 0.879 bits per heavy atom. The number of carbonyl (C=O) groups excluding carboxylic acids is 1. The molecule has 0 fully saturated rings. The average molecular weight is 500 g/mol. The molecule has 0 aliphatic carbocycles. The zero-order chi connectivity index (χ0) is 22.7. The Bertz CT molecular complexity index is 1440. The van der Waals surface area contributed by atoms with Crippen molar-refractivity contribution in [2.45, 2.75) is 19.4 Å². The summed E-state index contributed by atoms with van der Waals surface area (Å²) in [6, 6.07) is 24.1. The predicted octanol–water partition coefficient (Wildman–Crippen LogP) is 7.02. The SMILES string of the molecule is CCN(CC)c1ccc2c(c1)Oc1ccc3cc(Br)ccc3c1C21OC(=O)c2ccccc21. The van der Waals surface area contributed by atoms with Gasteiger partial charge in [0.15, 0.2) is 5.60 Å². The van der Waals surface area contributed by atoms with Crippen LogP contribution in [0.4, 0.5) is 5.69 Å². The Morgan fingerprint density at radius 2 is 1.70 bits per heavy atom. The lowest BCUT2D eigenvalue weighted by molar-refractivity contribution is 0.0229. The van der Waals surface area contributed by atoms with Crippen molar-refractivity contribution in [1.82, 2.24) is 0 Å². The molecule has 5 heteroatoms. The van der Waals surface area contributed by atoms with Crippen LogP contribution in [-0.4, -0.2) is 19.1 Å². The van der Waals surface area contributed by atoms with Crippen molar-refractivity contribution in [2.24, 2.45) is 0 Å². The Balaban J connectivity index is 1.71. The van der Waals surface area contributed by atoms with Crippen molar-refractivity contribution in [2.75, 3.05) is 18.0 Å². The summed E-state index contributed by atoms with van der Waals surface area (Å²) in [5.41, 5.74) is 3.18. The number of benzene rings is 4. The third-order valence-corrected chi connectivity index (χ3v) is 7.25. The highest BCUT2D eigenvalue weighted by Gasteiger charge is 2.54. The molecule has 0 radical (unpaired) electrons. The normalized spacial score (nSPS) is 17.8. The Hall–Kier alpha value is -3.31. The quantitative estimate of drug-likeness (QED) is 0.284. The van der Waals surface area contributed by atoms with Crippen molar-refractivity contribution in [3.63, 3.8) is 0 Å². The molecule has 0 amide bonds. The number of hydrogen-bond acceptors (Lipinski definition) is 4. The Labute approximate surface area is 200 Å². The second kappa shape index (κ2) is 7.35. The maximum atomic E-state index is 13.1. The Kier molecular flexibility index (Phi) is 4.53. The van der Waals surface area contributed by atoms with E-state index >= 15 is 0 Å². The number of hydrogen-bond donors (Lipinski definition) is 0. The van der Waals surface area contributed by atoms with Gasteiger partial charge in [0.05, 0.1) is 11.1 Å². The van der Waals surface area contributed by atoms with Crippen LogP contribution in [-0.2, 0) is 10.3 Å². The highest BCUT2D eigenvalue weighted by Crippen LogP contribution is 2.58. The topological polar surface area (TPSA) is 38.8 Å². The first kappa shape index (κ1) is 20.3. The molecule has 2 heterocycles. The summed E-state index contributed by atoms with van der Waals surface area (Å²) in [5.74, 6) is 1.11. The van der Waals surface area contributed by atoms with E-state index in [0.29, 0.717) is 17.1 Å². The maximum Gasteiger partial charge on any atom is 0.340 e. The summed E-state index contributed by atoms with van der Waals surface area (Å²) in [5, 5.41) is 2.05. The monoisotopic (exact) mass is 499 g/mol. The summed E-state index contributed by atoms with van der Waals surface area (Å²) < 4.78 is 13.9. The standard InChI is InChI=1S/C28H22BrNO3/c1-3-30(4-2)19-11-13-23-25(16-19)32-24-14-9-17-15-18(29)10-12-20(17)26(24)28(23)22-8-6-5-7-21(22)27(31)33-28/h5-16H,3-4H2,1-2H3. The van der Waals surface area contributed by atoms with Crippen LogP contribution in [0.2, 0.25) is 0 Å². The van der Waals surface area contributed by atoms with Crippen LogP contribution in [0.3, 0.4) is 0 Å². The molecule has 1 spiro atoms. The number of ether oxygens (including phenoxy) is 2. The van der Waals surface area contributed by atoms with Crippen LogP contribution >= 0.6 is 15.9 Å². The molecule has 0 saturated carbocycles. The van der Waals surface area contributed by atoms with E-state index in [1.807, 2.05) is 36.4 Å². The number of halogens is 1. The third kappa shape index (κ3) is 2.78. The molecular weight excluding hydrogens is 478 g/mol. The fraction of sp³-hybridized carbons (Fsp3) is 0.179. The first-order valence-corrected chi connectivity index (χ1v) is 12.0. The second-order valence-corrected chi connectivity index (χ2v) is 9.29. The van der Waals surface area contributed by atoms with Crippen LogP contribution in [0.5, 0.6) is 11.5 Å². The number of rotatable bonds is 3. The van der Waals surface area contributed by atoms with Crippen molar-refractivity contribution in [1.29, 1.82) is 0 Å². The highest BCUT2D eigenvalue weighted by molar-refractivity contribution is 9.10. The van der Waals surface area contributed by atoms with Gasteiger partial charge in [-0.05, 0) is 61.0 Å². The fourth-order valence-corrected chi connectivity index (χ4v) is 5.64. The second-order valence-electron chi connectivity index (χ2n) is 8.38. The number of anilines is 1. The third-order valence-electron chi connectivity index (χ3n) is 6.76. The largest absolute Gasteiger partial charge is 0.456 e. The van der Waals surface area contributed by atoms with Crippen LogP contribution in [0, 0.1) is 0 Å². The Morgan fingerprint density at radius 3 is 2.52 bits per heavy atom. The van der Waals surface area contributed by atoms with Crippen molar-refractivity contribution < 1.29 is 14.3 Å². The summed E-state index contributed by atoms with van der Waals surface area (Å²) >= 11 is 3.58. The van der Waals surface area contributed by atoms with Gasteiger partial charge in [-0.15, -0.1) is 0 Å². The van der Waals surface area contributed by atoms with Gasteiger partial charge in [0.2, 0.25) is 0 Å². The van der Waals surface area contributed by atoms with E-state index in [0.717, 1.165) is 50.7 Å². The first-order valence-electron chi connectivity index (χ1n) is 11.2. The molecular formula is C28H22BrNO3. The van der Waals surface area contributed by atoms with E-state index in [2.05, 4.69) is 71.1 Å². The molecule has 6 rings (SSSR count). The van der Waals surface area contributed by atoms with Gasteiger partial charge >= 0.3 is 5.97 Å². The molecule has 2 aliphatic rings. The lowest BCUT2D eigenvalue weighted by Gasteiger charge is -2.38. The maximum absolute atomic E-state index is 13.1. The molecule has 0 bridgehead atoms. The van der Waals surface area contributed by atoms with Crippen molar-refractivity contribution in [3.8, 4) is 11.5 Å². The molecule has 4 nitrogen and oxygen atoms in total. The van der Waals surface area contributed by atoms with Crippen LogP contribution in [0.15, 0.2) is 77.3 Å². The van der Waals surface area contributed by atoms with E-state index in [9.17, 15) is 4.79 Å². The van der Waals surface area contributed by atoms with E-state index in [1.54, 1.807) is 0 Å². The van der Waals surface area contributed by atoms with Gasteiger partial charge in [0.25, 0.3) is 0 Å². The van der Waals surface area contributed by atoms with Gasteiger partial charge in [-0.3, -0.25) is 0 Å². The van der Waals surface area contributed by atoms with Crippen molar-refractivity contribution in [3.05, 3.63) is 99.5 Å². The molecule has 4 aromatic rings. The first-order chi connectivity index (χ1) is 16.1. The lowest BCUT2D eigenvalue weighted by atomic mass is 9.76. The average Bonchev–Trinajstić information content (AvgIpc) is 3.12. The molecule has 0 aromatic heterocycles. The highest BCUT2D eigenvalue weighted by atomic mass is 79.9. The van der Waals surface area contributed by atoms with Gasteiger partial charge in [-0.1, -0.05) is 46.3 Å². The number of carbonyl (C=O) groups is 1. The smallest absolute Gasteiger partial charge is 0.340 e. The van der Waals surface area contributed by atoms with Gasteiger partial charge in [-0.2, -0.15) is 0 Å².